The summed E-state index contributed by atoms with van der Waals surface area (Å²) in [5.74, 6) is 1.79. The van der Waals surface area contributed by atoms with Crippen LogP contribution in [0.5, 0.6) is 34.5 Å². The van der Waals surface area contributed by atoms with Crippen molar-refractivity contribution in [2.24, 2.45) is 5.41 Å². The van der Waals surface area contributed by atoms with Crippen molar-refractivity contribution in [1.29, 1.82) is 10.3 Å². The third-order valence-corrected chi connectivity index (χ3v) is 18.3. The van der Waals surface area contributed by atoms with Crippen LogP contribution in [0.15, 0.2) is 219 Å². The first kappa shape index (κ1) is 165. The number of phenols is 6. The Hall–Kier alpha value is -2.13. The number of aromatic hydroxyl groups is 6. The number of rotatable bonds is 9. The van der Waals surface area contributed by atoms with E-state index >= 15 is 0 Å². The summed E-state index contributed by atoms with van der Waals surface area (Å²) in [6.07, 6.45) is 6.48. The van der Waals surface area contributed by atoms with Gasteiger partial charge in [-0.2, -0.15) is 6.07 Å². The molecule has 6 aromatic carbocycles. The van der Waals surface area contributed by atoms with Crippen LogP contribution in [0.1, 0.15) is 254 Å². The molecule has 9 aromatic rings. The van der Waals surface area contributed by atoms with E-state index in [1.165, 1.54) is 22.3 Å². The maximum Gasteiger partial charge on any atom is 1.00 e. The molecule has 735 valence electrons. The number of pyridine rings is 3. The largest absolute Gasteiger partial charge is 1.00 e. The van der Waals surface area contributed by atoms with Crippen LogP contribution in [-0.4, -0.2) is 148 Å². The summed E-state index contributed by atoms with van der Waals surface area (Å²) >= 11 is 0. The Morgan fingerprint density at radius 2 is 0.557 bits per heavy atom. The minimum Gasteiger partial charge on any atom is -0.508 e. The van der Waals surface area contributed by atoms with E-state index in [4.69, 9.17) is 30.7 Å². The van der Waals surface area contributed by atoms with Gasteiger partial charge in [-0.3, -0.25) is 34.9 Å². The Balaban J connectivity index is -0.0000000804. The number of halogens is 1. The Labute approximate surface area is 973 Å². The molecule has 30 heteroatoms. The third-order valence-electron chi connectivity index (χ3n) is 17.2. The van der Waals surface area contributed by atoms with Gasteiger partial charge in [-0.15, -0.1) is 30.0 Å². The number of aryl methyl sites for hydroxylation is 2. The van der Waals surface area contributed by atoms with Crippen molar-refractivity contribution in [3.05, 3.63) is 284 Å². The quantitative estimate of drug-likeness (QED) is 0.0369. The second-order valence-electron chi connectivity index (χ2n) is 26.8. The van der Waals surface area contributed by atoms with Crippen LogP contribution in [0, 0.1) is 44.4 Å². The molecule has 2 amide bonds. The molecular weight excluding hydrogens is 2980 g/mol. The van der Waals surface area contributed by atoms with Crippen molar-refractivity contribution in [3.63, 3.8) is 0 Å². The molecule has 19 nitrogen and oxygen atoms in total. The summed E-state index contributed by atoms with van der Waals surface area (Å²) in [6, 6.07) is 59.3. The van der Waals surface area contributed by atoms with Gasteiger partial charge in [0.1, 0.15) is 45.9 Å². The fraction of sp³-hybridized carbons (Fsp3) is 0.446. The molecule has 9 N–H and O–H groups in total. The molecular formula is C101H162IN10O9P2RbRe6Y-2. The van der Waals surface area contributed by atoms with Gasteiger partial charge >= 0.3 is 58.2 Å². The number of amides is 2. The summed E-state index contributed by atoms with van der Waals surface area (Å²) < 4.78 is 4.16. The number of carbonyl (C=O) groups is 2. The molecule has 5 saturated heterocycles. The molecule has 3 aromatic heterocycles. The van der Waals surface area contributed by atoms with E-state index in [0.29, 0.717) is 88.7 Å². The molecule has 0 atom stereocenters. The molecule has 5 aliphatic heterocycles. The Morgan fingerprint density at radius 1 is 0.344 bits per heavy atom. The fourth-order valence-corrected chi connectivity index (χ4v) is 12.9. The van der Waals surface area contributed by atoms with Gasteiger partial charge in [-0.05, 0) is 139 Å². The Morgan fingerprint density at radius 3 is 0.725 bits per heavy atom. The van der Waals surface area contributed by atoms with Crippen LogP contribution >= 0.6 is 41.0 Å². The molecule has 14 rings (SSSR count). The summed E-state index contributed by atoms with van der Waals surface area (Å²) in [7, 11) is 1.29. The zero-order valence-electron chi connectivity index (χ0n) is 85.0. The maximum absolute atomic E-state index is 12.2. The Bertz CT molecular complexity index is 3810. The first-order valence-corrected chi connectivity index (χ1v) is 44.7. The summed E-state index contributed by atoms with van der Waals surface area (Å²) in [6.45, 7) is 69.9. The SMILES string of the molecule is CC.CC.CC.CC.CC.CC.CC.CC.CC.CC.CC.CC1(C)CN(P=N)C1.CC1(c2ccc(O)cc2)CN(C(=O)c2ccccn2)C1.CC1(c2ccc(O)cc2)CN(C(=O)c2ccccn2)C1.CC1(c2ccc(O)cc2)CN(P=N)C1.CC1(c2ccc(O)cc2)CNC1.Cc1ccc(O)cc1.Cc1ccc(O)cc1.I.O=[C-]c1ccccn1.[CH3-].[CH3-].[Rb+].[Re].[Re].[Re].[Re].[Re].[Re].[Y]. The van der Waals surface area contributed by atoms with E-state index in [1.807, 2.05) is 251 Å². The molecule has 7 radical (unpaired) electrons. The monoisotopic (exact) mass is 3140 g/mol. The van der Waals surface area contributed by atoms with Crippen molar-refractivity contribution >= 4 is 59.1 Å². The molecule has 5 aliphatic rings. The van der Waals surface area contributed by atoms with Crippen LogP contribution in [0.3, 0.4) is 0 Å². The van der Waals surface area contributed by atoms with Crippen molar-refractivity contribution in [3.8, 4) is 34.5 Å². The molecule has 0 bridgehead atoms. The van der Waals surface area contributed by atoms with Crippen LogP contribution in [0.4, 0.5) is 0 Å². The average molecular weight is 3140 g/mol. The molecule has 8 heterocycles. The smallest absolute Gasteiger partial charge is 0.508 e. The predicted octanol–water partition coefficient (Wildman–Crippen LogP) is 23.9. The van der Waals surface area contributed by atoms with Crippen molar-refractivity contribution in [2.75, 3.05) is 65.4 Å². The summed E-state index contributed by atoms with van der Waals surface area (Å²) in [4.78, 5) is 49.7. The van der Waals surface area contributed by atoms with E-state index in [2.05, 4.69) is 71.2 Å². The number of nitrogens with zero attached hydrogens (tertiary/aromatic N) is 7. The van der Waals surface area contributed by atoms with Gasteiger partial charge in [0.2, 0.25) is 0 Å². The van der Waals surface area contributed by atoms with Gasteiger partial charge < -0.3 is 65.4 Å². The van der Waals surface area contributed by atoms with Crippen molar-refractivity contribution in [2.45, 2.75) is 229 Å². The summed E-state index contributed by atoms with van der Waals surface area (Å²) in [5, 5.41) is 71.8. The minimum atomic E-state index is -0.0435. The van der Waals surface area contributed by atoms with Gasteiger partial charge in [0.05, 0.1) is 17.0 Å². The van der Waals surface area contributed by atoms with E-state index in [-0.39, 0.29) is 297 Å². The number of benzene rings is 6. The molecule has 0 saturated carbocycles. The Kier molecular flexibility index (Phi) is 126. The number of hydrogen-bond acceptors (Lipinski definition) is 15. The second-order valence-corrected chi connectivity index (χ2v) is 28.3. The molecule has 0 spiro atoms. The fourth-order valence-electron chi connectivity index (χ4n) is 11.2. The first-order valence-electron chi connectivity index (χ1n) is 43.0. The molecule has 131 heavy (non-hydrogen) atoms. The topological polar surface area (TPSA) is 284 Å². The summed E-state index contributed by atoms with van der Waals surface area (Å²) in [5.41, 5.74) is 9.35. The van der Waals surface area contributed by atoms with Crippen LogP contribution < -0.4 is 63.5 Å². The maximum atomic E-state index is 12.2. The zero-order chi connectivity index (χ0) is 93.1. The number of likely N-dealkylation sites (tertiary alicyclic amines) is 2. The van der Waals surface area contributed by atoms with Crippen molar-refractivity contribution < 1.29 is 258 Å². The van der Waals surface area contributed by atoms with Gasteiger partial charge in [-0.1, -0.05) is 302 Å². The minimum absolute atomic E-state index is 0. The van der Waals surface area contributed by atoms with E-state index in [1.54, 1.807) is 150 Å². The second kappa shape index (κ2) is 99.4. The standard InChI is InChI=1S/2C16H16N2O2.C10H13N2OP.C10H13NO.2C7H8O.C6H4NO.C5H11N2P.11C2H6.2CH3.HI.Rb.6Re.Y/c2*1-16(12-5-7-13(19)8-6-12)10-18(11-16)15(20)14-4-2-3-9-17-14;1-10(6-12(7-10)14-11)8-2-4-9(13)5-3-8;1-10(6-11-7-10)8-2-4-9(12)5-3-8;2*1-6-2-4-7(8)5-3-6;8-5-6-3-1-2-4-7-6;1-5(2)3-7(4-5)8-6;11*1-2;;;;;;;;;;;/h2*2-9,19H,10-11H2,1H3;2-5,11,13H,6-7H2,1H3;2-5,11-12H,6-7H2,1H3;2*2-5,8H,1H3;1-4H;6H,3-4H2,1-2H3;11*1-2H3;2*1H3;1H;;;;;;;;/q;;;;;;-1;;;;;;;;;;;;;2*-1;;+1;;;;;;;. The number of phenolic OH excluding ortho intramolecular Hbond substituents is 6. The molecule has 0 unspecified atom stereocenters. The van der Waals surface area contributed by atoms with E-state index in [9.17, 15) is 24.6 Å². The van der Waals surface area contributed by atoms with Crippen molar-refractivity contribution in [1.82, 2.24) is 39.4 Å². The van der Waals surface area contributed by atoms with E-state index in [0.717, 1.165) is 50.4 Å². The van der Waals surface area contributed by atoms with Crippen LogP contribution in [0.25, 0.3) is 0 Å². The van der Waals surface area contributed by atoms with Crippen LogP contribution in [0.2, 0.25) is 0 Å². The number of aromatic nitrogens is 3. The number of carbonyl (C=O) groups excluding carboxylic acids is 3. The van der Waals surface area contributed by atoms with E-state index < -0.39 is 0 Å². The zero-order valence-corrected chi connectivity index (χ0v) is 113. The third kappa shape index (κ3) is 65.5. The van der Waals surface area contributed by atoms with Crippen LogP contribution in [-0.2, 0) is 182 Å². The predicted molar refractivity (Wildman–Crippen MR) is 539 cm³/mol. The van der Waals surface area contributed by atoms with Gasteiger partial charge in [0.15, 0.2) is 0 Å². The van der Waals surface area contributed by atoms with Gasteiger partial charge in [0, 0.05) is 267 Å². The van der Waals surface area contributed by atoms with Gasteiger partial charge in [-0.25, -0.2) is 9.34 Å². The average Bonchev–Trinajstić information content (AvgIpc) is 0.757. The van der Waals surface area contributed by atoms with Gasteiger partial charge in [0.25, 0.3) is 11.8 Å². The number of hydrogen-bond donors (Lipinski definition) is 9. The molecule has 5 fully saturated rings. The number of nitrogens with one attached hydrogen (secondary N) is 3. The first-order chi connectivity index (χ1) is 57.7. The normalized spacial score (nSPS) is 12.9. The molecule has 0 aliphatic carbocycles.